The van der Waals surface area contributed by atoms with Crippen LogP contribution in [0.15, 0.2) is 29.3 Å². The number of benzene rings is 1. The van der Waals surface area contributed by atoms with E-state index in [-0.39, 0.29) is 34.9 Å². The Morgan fingerprint density at radius 1 is 1.24 bits per heavy atom. The number of hydrogen-bond acceptors (Lipinski definition) is 6. The van der Waals surface area contributed by atoms with Gasteiger partial charge < -0.3 is 27.3 Å². The summed E-state index contributed by atoms with van der Waals surface area (Å²) in [6, 6.07) is 7.89. The lowest BCUT2D eigenvalue weighted by Crippen LogP contribution is -2.25. The Balaban J connectivity index is 0.00000420. The van der Waals surface area contributed by atoms with E-state index in [1.54, 1.807) is 0 Å². The molecule has 11 heteroatoms. The zero-order valence-electron chi connectivity index (χ0n) is 16.0. The number of aromatic nitrogens is 2. The lowest BCUT2D eigenvalue weighted by molar-refractivity contribution is 0.0998. The summed E-state index contributed by atoms with van der Waals surface area (Å²) in [5.74, 6) is -0.186. The summed E-state index contributed by atoms with van der Waals surface area (Å²) >= 11 is 6.07. The highest BCUT2D eigenvalue weighted by Crippen LogP contribution is 2.21. The molecule has 0 fully saturated rings. The van der Waals surface area contributed by atoms with E-state index in [0.29, 0.717) is 6.54 Å². The van der Waals surface area contributed by atoms with Crippen molar-refractivity contribution in [2.75, 3.05) is 24.2 Å². The van der Waals surface area contributed by atoms with E-state index in [4.69, 9.17) is 33.5 Å². The van der Waals surface area contributed by atoms with Crippen LogP contribution in [0.1, 0.15) is 35.8 Å². The Hall–Kier alpha value is -2.78. The maximum atomic E-state index is 11.8. The van der Waals surface area contributed by atoms with E-state index in [1.807, 2.05) is 24.3 Å². The number of amides is 1. The van der Waals surface area contributed by atoms with Gasteiger partial charge in [0.25, 0.3) is 0 Å². The normalized spacial score (nSPS) is 10.0. The standard InChI is InChI=1S/C18H24ClN7O2.ClH/c1-2-3-10-28-12-6-4-11(5-7-12)8-9-23-16-14(19)24-13(15(20)25-16)17(27)26-18(21)22;/h4-7H,2-3,8-10H2,1H3,(H3,20,23,25)(H4,21,22,26,27);1H. The lowest BCUT2D eigenvalue weighted by Gasteiger charge is -2.10. The molecule has 29 heavy (non-hydrogen) atoms. The largest absolute Gasteiger partial charge is 0.494 e. The fourth-order valence-electron chi connectivity index (χ4n) is 2.28. The Labute approximate surface area is 180 Å². The molecular weight excluding hydrogens is 417 g/mol. The first-order valence-electron chi connectivity index (χ1n) is 8.83. The summed E-state index contributed by atoms with van der Waals surface area (Å²) in [7, 11) is 0. The number of nitrogens with zero attached hydrogens (tertiary/aromatic N) is 3. The highest BCUT2D eigenvalue weighted by molar-refractivity contribution is 6.32. The SMILES string of the molecule is CCCCOc1ccc(CCNc2nc(N)c(C(=O)N=C(N)N)nc2Cl)cc1.Cl. The van der Waals surface area contributed by atoms with Crippen molar-refractivity contribution in [3.8, 4) is 5.75 Å². The maximum Gasteiger partial charge on any atom is 0.302 e. The van der Waals surface area contributed by atoms with Gasteiger partial charge in [-0.2, -0.15) is 4.99 Å². The molecule has 7 N–H and O–H groups in total. The maximum absolute atomic E-state index is 11.8. The number of carbonyl (C=O) groups excluding carboxylic acids is 1. The van der Waals surface area contributed by atoms with Crippen LogP contribution in [-0.2, 0) is 6.42 Å². The molecule has 1 amide bonds. The summed E-state index contributed by atoms with van der Waals surface area (Å²) in [6.07, 6.45) is 2.86. The van der Waals surface area contributed by atoms with Crippen molar-refractivity contribution in [3.05, 3.63) is 40.7 Å². The van der Waals surface area contributed by atoms with Gasteiger partial charge in [0.1, 0.15) is 5.75 Å². The Bertz CT molecular complexity index is 841. The summed E-state index contributed by atoms with van der Waals surface area (Å²) in [6.45, 7) is 3.39. The third kappa shape index (κ3) is 7.63. The van der Waals surface area contributed by atoms with Crippen molar-refractivity contribution in [2.45, 2.75) is 26.2 Å². The molecule has 1 aromatic carbocycles. The molecule has 0 unspecified atom stereocenters. The van der Waals surface area contributed by atoms with E-state index in [0.717, 1.165) is 37.2 Å². The van der Waals surface area contributed by atoms with Crippen LogP contribution in [0.2, 0.25) is 5.15 Å². The van der Waals surface area contributed by atoms with E-state index < -0.39 is 11.9 Å². The Morgan fingerprint density at radius 2 is 1.93 bits per heavy atom. The fraction of sp³-hybridized carbons (Fsp3) is 0.333. The van der Waals surface area contributed by atoms with Crippen molar-refractivity contribution in [1.82, 2.24) is 9.97 Å². The van der Waals surface area contributed by atoms with Crippen molar-refractivity contribution >= 4 is 47.5 Å². The third-order valence-electron chi connectivity index (χ3n) is 3.71. The summed E-state index contributed by atoms with van der Waals surface area (Å²) in [5, 5.41) is 3.06. The molecule has 1 aromatic heterocycles. The van der Waals surface area contributed by atoms with Gasteiger partial charge in [-0.15, -0.1) is 12.4 Å². The molecular formula is C18H25Cl2N7O2. The van der Waals surface area contributed by atoms with Crippen LogP contribution in [0, 0.1) is 0 Å². The van der Waals surface area contributed by atoms with E-state index in [2.05, 4.69) is 27.2 Å². The Kier molecular flexibility index (Phi) is 9.98. The number of hydrogen-bond donors (Lipinski definition) is 4. The van der Waals surface area contributed by atoms with Crippen LogP contribution in [-0.4, -0.2) is 35.0 Å². The minimum absolute atomic E-state index is 0. The minimum atomic E-state index is -0.806. The van der Waals surface area contributed by atoms with Gasteiger partial charge in [-0.3, -0.25) is 4.79 Å². The van der Waals surface area contributed by atoms with Crippen LogP contribution in [0.5, 0.6) is 5.75 Å². The number of unbranched alkanes of at least 4 members (excludes halogenated alkanes) is 1. The molecule has 0 bridgehead atoms. The lowest BCUT2D eigenvalue weighted by atomic mass is 10.1. The number of nitrogen functional groups attached to an aromatic ring is 1. The number of guanidine groups is 1. The van der Waals surface area contributed by atoms with Crippen molar-refractivity contribution < 1.29 is 9.53 Å². The van der Waals surface area contributed by atoms with Crippen LogP contribution >= 0.6 is 24.0 Å². The van der Waals surface area contributed by atoms with Gasteiger partial charge in [-0.1, -0.05) is 37.1 Å². The molecule has 0 aliphatic carbocycles. The highest BCUT2D eigenvalue weighted by Gasteiger charge is 2.16. The van der Waals surface area contributed by atoms with Crippen LogP contribution in [0.25, 0.3) is 0 Å². The van der Waals surface area contributed by atoms with Crippen molar-refractivity contribution in [3.63, 3.8) is 0 Å². The van der Waals surface area contributed by atoms with E-state index in [1.165, 1.54) is 0 Å². The average molecular weight is 442 g/mol. The number of aliphatic imine (C=N–C) groups is 1. The second kappa shape index (κ2) is 11.9. The molecule has 1 heterocycles. The molecule has 2 rings (SSSR count). The van der Waals surface area contributed by atoms with Gasteiger partial charge in [0.15, 0.2) is 28.4 Å². The van der Waals surface area contributed by atoms with Crippen LogP contribution in [0.4, 0.5) is 11.6 Å². The summed E-state index contributed by atoms with van der Waals surface area (Å²) < 4.78 is 5.64. The molecule has 0 atom stereocenters. The van der Waals surface area contributed by atoms with Gasteiger partial charge in [-0.25, -0.2) is 9.97 Å². The van der Waals surface area contributed by atoms with E-state index in [9.17, 15) is 4.79 Å². The average Bonchev–Trinajstić information content (AvgIpc) is 2.65. The van der Waals surface area contributed by atoms with Crippen LogP contribution in [0.3, 0.4) is 0 Å². The zero-order valence-corrected chi connectivity index (χ0v) is 17.6. The summed E-state index contributed by atoms with van der Waals surface area (Å²) in [4.78, 5) is 23.2. The molecule has 0 radical (unpaired) electrons. The number of carbonyl (C=O) groups is 1. The first kappa shape index (κ1) is 24.3. The van der Waals surface area contributed by atoms with E-state index >= 15 is 0 Å². The number of halogens is 2. The zero-order chi connectivity index (χ0) is 20.5. The first-order valence-corrected chi connectivity index (χ1v) is 9.21. The van der Waals surface area contributed by atoms with Crippen molar-refractivity contribution in [1.29, 1.82) is 0 Å². The fourth-order valence-corrected chi connectivity index (χ4v) is 2.47. The third-order valence-corrected chi connectivity index (χ3v) is 3.97. The summed E-state index contributed by atoms with van der Waals surface area (Å²) in [5.41, 5.74) is 17.0. The number of anilines is 2. The molecule has 2 aromatic rings. The molecule has 0 saturated heterocycles. The smallest absolute Gasteiger partial charge is 0.302 e. The van der Waals surface area contributed by atoms with Crippen LogP contribution < -0.4 is 27.3 Å². The van der Waals surface area contributed by atoms with Crippen molar-refractivity contribution in [2.24, 2.45) is 16.5 Å². The predicted octanol–water partition coefficient (Wildman–Crippen LogP) is 2.38. The predicted molar refractivity (Wildman–Crippen MR) is 118 cm³/mol. The first-order chi connectivity index (χ1) is 13.4. The van der Waals surface area contributed by atoms with Gasteiger partial charge in [0.05, 0.1) is 6.61 Å². The van der Waals surface area contributed by atoms with Gasteiger partial charge in [-0.05, 0) is 30.5 Å². The number of nitrogens with one attached hydrogen (secondary N) is 1. The quantitative estimate of drug-likeness (QED) is 0.262. The second-order valence-electron chi connectivity index (χ2n) is 5.96. The molecule has 158 valence electrons. The molecule has 0 aliphatic rings. The number of nitrogens with two attached hydrogens (primary N) is 3. The second-order valence-corrected chi connectivity index (χ2v) is 6.32. The topological polar surface area (TPSA) is 155 Å². The monoisotopic (exact) mass is 441 g/mol. The molecule has 0 spiro atoms. The van der Waals surface area contributed by atoms with Gasteiger partial charge >= 0.3 is 5.91 Å². The molecule has 9 nitrogen and oxygen atoms in total. The molecule has 0 saturated carbocycles. The van der Waals surface area contributed by atoms with Gasteiger partial charge in [0.2, 0.25) is 0 Å². The Morgan fingerprint density at radius 3 is 2.55 bits per heavy atom. The highest BCUT2D eigenvalue weighted by atomic mass is 35.5. The minimum Gasteiger partial charge on any atom is -0.494 e. The van der Waals surface area contributed by atoms with Gasteiger partial charge in [0, 0.05) is 6.54 Å². The number of ether oxygens (including phenoxy) is 1. The number of rotatable bonds is 9. The molecule has 0 aliphatic heterocycles.